The molecule has 0 spiro atoms. The lowest BCUT2D eigenvalue weighted by Gasteiger charge is -2.33. The van der Waals surface area contributed by atoms with Crippen LogP contribution in [0.3, 0.4) is 0 Å². The second-order valence-electron chi connectivity index (χ2n) is 7.43. The lowest BCUT2D eigenvalue weighted by Crippen LogP contribution is -2.38. The standard InChI is InChI=1S/C18H30N6OS/c1-13(2)19-18(26)22-17-20-15(23-6-4-14(3)5-7-23)12-16(21-17)24-8-10-25-11-9-24/h12-14H,4-11H2,1-3H3,(H2,19,20,21,22,26). The Kier molecular flexibility index (Phi) is 6.48. The molecule has 0 saturated carbocycles. The highest BCUT2D eigenvalue weighted by Crippen LogP contribution is 2.26. The molecule has 7 nitrogen and oxygen atoms in total. The number of hydrogen-bond donors (Lipinski definition) is 2. The van der Waals surface area contributed by atoms with Crippen LogP contribution in [0.2, 0.25) is 0 Å². The molecule has 0 amide bonds. The number of anilines is 3. The maximum absolute atomic E-state index is 5.48. The molecule has 2 saturated heterocycles. The second kappa shape index (κ2) is 8.81. The van der Waals surface area contributed by atoms with Gasteiger partial charge in [0.1, 0.15) is 11.6 Å². The van der Waals surface area contributed by atoms with E-state index >= 15 is 0 Å². The van der Waals surface area contributed by atoms with Crippen LogP contribution in [0.25, 0.3) is 0 Å². The summed E-state index contributed by atoms with van der Waals surface area (Å²) in [5, 5.41) is 6.90. The van der Waals surface area contributed by atoms with Crippen LogP contribution in [-0.4, -0.2) is 60.5 Å². The molecule has 1 aromatic rings. The fourth-order valence-electron chi connectivity index (χ4n) is 3.23. The van der Waals surface area contributed by atoms with Gasteiger partial charge in [0.15, 0.2) is 5.11 Å². The van der Waals surface area contributed by atoms with Gasteiger partial charge >= 0.3 is 0 Å². The van der Waals surface area contributed by atoms with Crippen molar-refractivity contribution in [3.63, 3.8) is 0 Å². The zero-order valence-electron chi connectivity index (χ0n) is 16.0. The monoisotopic (exact) mass is 378 g/mol. The zero-order valence-corrected chi connectivity index (χ0v) is 16.8. The Morgan fingerprint density at radius 3 is 2.27 bits per heavy atom. The van der Waals surface area contributed by atoms with E-state index in [1.54, 1.807) is 0 Å². The van der Waals surface area contributed by atoms with Crippen molar-refractivity contribution in [2.45, 2.75) is 39.7 Å². The summed E-state index contributed by atoms with van der Waals surface area (Å²) in [6.07, 6.45) is 2.40. The lowest BCUT2D eigenvalue weighted by molar-refractivity contribution is 0.122. The van der Waals surface area contributed by atoms with E-state index in [9.17, 15) is 0 Å². The Bertz CT molecular complexity index is 612. The number of hydrogen-bond acceptors (Lipinski definition) is 6. The molecule has 2 fully saturated rings. The predicted octanol–water partition coefficient (Wildman–Crippen LogP) is 2.24. The summed E-state index contributed by atoms with van der Waals surface area (Å²) in [6, 6.07) is 2.37. The number of morpholine rings is 1. The fraction of sp³-hybridized carbons (Fsp3) is 0.722. The van der Waals surface area contributed by atoms with E-state index in [-0.39, 0.29) is 6.04 Å². The third-order valence-corrected chi connectivity index (χ3v) is 5.01. The Hall–Kier alpha value is -1.67. The van der Waals surface area contributed by atoms with Crippen LogP contribution < -0.4 is 20.4 Å². The SMILES string of the molecule is CC1CCN(c2cc(N3CCOCC3)nc(NC(=S)NC(C)C)n2)CC1. The molecule has 26 heavy (non-hydrogen) atoms. The van der Waals surface area contributed by atoms with Crippen molar-refractivity contribution >= 4 is 34.9 Å². The van der Waals surface area contributed by atoms with Crippen LogP contribution >= 0.6 is 12.2 Å². The van der Waals surface area contributed by atoms with E-state index in [2.05, 4.69) is 47.3 Å². The topological polar surface area (TPSA) is 65.6 Å². The minimum Gasteiger partial charge on any atom is -0.378 e. The molecule has 2 aliphatic heterocycles. The molecule has 2 N–H and O–H groups in total. The molecule has 3 rings (SSSR count). The normalized spacial score (nSPS) is 18.9. The number of nitrogens with one attached hydrogen (secondary N) is 2. The van der Waals surface area contributed by atoms with Crippen LogP contribution in [0.4, 0.5) is 17.6 Å². The van der Waals surface area contributed by atoms with Crippen LogP contribution in [0.15, 0.2) is 6.07 Å². The van der Waals surface area contributed by atoms with Crippen molar-refractivity contribution in [1.29, 1.82) is 0 Å². The highest BCUT2D eigenvalue weighted by Gasteiger charge is 2.21. The Labute approximate surface area is 161 Å². The number of piperidine rings is 1. The summed E-state index contributed by atoms with van der Waals surface area (Å²) < 4.78 is 5.48. The van der Waals surface area contributed by atoms with Gasteiger partial charge in [-0.1, -0.05) is 6.92 Å². The first kappa shape index (κ1) is 19.1. The third kappa shape index (κ3) is 5.17. The minimum absolute atomic E-state index is 0.264. The maximum Gasteiger partial charge on any atom is 0.232 e. The molecule has 1 aromatic heterocycles. The highest BCUT2D eigenvalue weighted by atomic mass is 32.1. The largest absolute Gasteiger partial charge is 0.378 e. The number of thiocarbonyl (C=S) groups is 1. The third-order valence-electron chi connectivity index (χ3n) is 4.79. The quantitative estimate of drug-likeness (QED) is 0.774. The van der Waals surface area contributed by atoms with Crippen molar-refractivity contribution in [1.82, 2.24) is 15.3 Å². The Morgan fingerprint density at radius 2 is 1.69 bits per heavy atom. The minimum atomic E-state index is 0.264. The van der Waals surface area contributed by atoms with E-state index in [0.29, 0.717) is 11.1 Å². The molecule has 0 aliphatic carbocycles. The van der Waals surface area contributed by atoms with Crippen molar-refractivity contribution < 1.29 is 4.74 Å². The summed E-state index contributed by atoms with van der Waals surface area (Å²) in [5.74, 6) is 3.25. The van der Waals surface area contributed by atoms with Gasteiger partial charge in [0.2, 0.25) is 5.95 Å². The van der Waals surface area contributed by atoms with Crippen LogP contribution in [-0.2, 0) is 4.74 Å². The molecule has 2 aliphatic rings. The molecular weight excluding hydrogens is 348 g/mol. The summed E-state index contributed by atoms with van der Waals surface area (Å²) in [4.78, 5) is 14.1. The molecule has 144 valence electrons. The number of rotatable bonds is 4. The van der Waals surface area contributed by atoms with Crippen LogP contribution in [0, 0.1) is 5.92 Å². The Balaban J connectivity index is 1.82. The highest BCUT2D eigenvalue weighted by molar-refractivity contribution is 7.80. The fourth-order valence-corrected chi connectivity index (χ4v) is 3.56. The smallest absolute Gasteiger partial charge is 0.232 e. The van der Waals surface area contributed by atoms with Crippen molar-refractivity contribution in [2.24, 2.45) is 5.92 Å². The number of nitrogens with zero attached hydrogens (tertiary/aromatic N) is 4. The van der Waals surface area contributed by atoms with Crippen LogP contribution in [0.5, 0.6) is 0 Å². The molecule has 3 heterocycles. The first-order chi connectivity index (χ1) is 12.5. The van der Waals surface area contributed by atoms with E-state index in [0.717, 1.165) is 56.9 Å². The van der Waals surface area contributed by atoms with E-state index in [1.807, 2.05) is 0 Å². The molecule has 0 atom stereocenters. The number of aromatic nitrogens is 2. The van der Waals surface area contributed by atoms with Crippen molar-refractivity contribution in [3.05, 3.63) is 6.07 Å². The molecule has 0 unspecified atom stereocenters. The van der Waals surface area contributed by atoms with Gasteiger partial charge in [-0.3, -0.25) is 0 Å². The summed E-state index contributed by atoms with van der Waals surface area (Å²) in [5.41, 5.74) is 0. The molecule has 8 heteroatoms. The summed E-state index contributed by atoms with van der Waals surface area (Å²) >= 11 is 5.38. The van der Waals surface area contributed by atoms with Gasteiger partial charge in [-0.2, -0.15) is 9.97 Å². The van der Waals surface area contributed by atoms with E-state index < -0.39 is 0 Å². The van der Waals surface area contributed by atoms with Crippen molar-refractivity contribution in [2.75, 3.05) is 54.5 Å². The average molecular weight is 379 g/mol. The first-order valence-electron chi connectivity index (χ1n) is 9.55. The van der Waals surface area contributed by atoms with E-state index in [4.69, 9.17) is 26.9 Å². The molecule has 0 radical (unpaired) electrons. The Morgan fingerprint density at radius 1 is 1.12 bits per heavy atom. The summed E-state index contributed by atoms with van der Waals surface area (Å²) in [7, 11) is 0. The van der Waals surface area contributed by atoms with Gasteiger partial charge in [-0.25, -0.2) is 0 Å². The van der Waals surface area contributed by atoms with Gasteiger partial charge in [-0.05, 0) is 44.8 Å². The van der Waals surface area contributed by atoms with Gasteiger partial charge in [0.25, 0.3) is 0 Å². The summed E-state index contributed by atoms with van der Waals surface area (Å²) in [6.45, 7) is 11.7. The molecule has 0 bridgehead atoms. The first-order valence-corrected chi connectivity index (χ1v) is 9.96. The second-order valence-corrected chi connectivity index (χ2v) is 7.84. The lowest BCUT2D eigenvalue weighted by atomic mass is 9.99. The zero-order chi connectivity index (χ0) is 18.5. The average Bonchev–Trinajstić information content (AvgIpc) is 2.62. The van der Waals surface area contributed by atoms with Gasteiger partial charge in [-0.15, -0.1) is 0 Å². The van der Waals surface area contributed by atoms with Gasteiger partial charge in [0.05, 0.1) is 13.2 Å². The maximum atomic E-state index is 5.48. The van der Waals surface area contributed by atoms with Crippen molar-refractivity contribution in [3.8, 4) is 0 Å². The van der Waals surface area contributed by atoms with Gasteiger partial charge < -0.3 is 25.2 Å². The van der Waals surface area contributed by atoms with Gasteiger partial charge in [0, 0.05) is 38.3 Å². The van der Waals surface area contributed by atoms with E-state index in [1.165, 1.54) is 12.8 Å². The number of ether oxygens (including phenoxy) is 1. The molecule has 0 aromatic carbocycles. The van der Waals surface area contributed by atoms with Crippen LogP contribution in [0.1, 0.15) is 33.6 Å². The molecular formula is C18H30N6OS. The predicted molar refractivity (Wildman–Crippen MR) is 110 cm³/mol.